The average Bonchev–Trinajstić information content (AvgIpc) is 3.16. The zero-order valence-electron chi connectivity index (χ0n) is 19.4. The van der Waals surface area contributed by atoms with E-state index < -0.39 is 0 Å². The zero-order chi connectivity index (χ0) is 22.5. The Balaban J connectivity index is 1.43. The molecule has 0 aromatic heterocycles. The van der Waals surface area contributed by atoms with E-state index >= 15 is 0 Å². The van der Waals surface area contributed by atoms with Crippen molar-refractivity contribution in [3.05, 3.63) is 53.6 Å². The van der Waals surface area contributed by atoms with Gasteiger partial charge in [0.1, 0.15) is 5.75 Å². The minimum atomic E-state index is 0.187. The lowest BCUT2D eigenvalue weighted by Crippen LogP contribution is -2.40. The van der Waals surface area contributed by atoms with Gasteiger partial charge in [0, 0.05) is 25.7 Å². The number of nitrogens with zero attached hydrogens (tertiary/aromatic N) is 2. The second-order valence-corrected chi connectivity index (χ2v) is 8.81. The van der Waals surface area contributed by atoms with Crippen LogP contribution in [0.25, 0.3) is 0 Å². The van der Waals surface area contributed by atoms with Gasteiger partial charge in [0.05, 0.1) is 27.8 Å². The van der Waals surface area contributed by atoms with Crippen LogP contribution in [0.1, 0.15) is 30.4 Å². The third-order valence-corrected chi connectivity index (χ3v) is 6.82. The number of hydrogen-bond donors (Lipinski definition) is 0. The number of carbonyl (C=O) groups excluding carboxylic acids is 1. The molecular weight excluding hydrogens is 404 g/mol. The maximum Gasteiger partial charge on any atom is 0.227 e. The molecule has 0 N–H and O–H groups in total. The Labute approximate surface area is 191 Å². The molecule has 0 spiro atoms. The quantitative estimate of drug-likeness (QED) is 0.659. The Morgan fingerprint density at radius 3 is 2.56 bits per heavy atom. The van der Waals surface area contributed by atoms with Gasteiger partial charge in [-0.3, -0.25) is 9.69 Å². The van der Waals surface area contributed by atoms with Crippen LogP contribution in [-0.2, 0) is 17.8 Å². The number of hydrogen-bond acceptors (Lipinski definition) is 5. The summed E-state index contributed by atoms with van der Waals surface area (Å²) in [7, 11) is 4.95. The molecule has 1 amide bonds. The van der Waals surface area contributed by atoms with Gasteiger partial charge in [-0.15, -0.1) is 0 Å². The lowest BCUT2D eigenvalue weighted by molar-refractivity contribution is -0.129. The largest absolute Gasteiger partial charge is 0.497 e. The molecule has 2 heterocycles. The molecule has 0 unspecified atom stereocenters. The summed E-state index contributed by atoms with van der Waals surface area (Å²) in [5, 5.41) is 0. The normalized spacial score (nSPS) is 21.0. The van der Waals surface area contributed by atoms with Crippen molar-refractivity contribution in [3.63, 3.8) is 0 Å². The van der Waals surface area contributed by atoms with E-state index in [2.05, 4.69) is 28.0 Å². The van der Waals surface area contributed by atoms with Gasteiger partial charge in [-0.2, -0.15) is 0 Å². The Hall–Kier alpha value is -2.73. The van der Waals surface area contributed by atoms with Crippen molar-refractivity contribution in [1.29, 1.82) is 0 Å². The first kappa shape index (κ1) is 22.5. The van der Waals surface area contributed by atoms with E-state index in [0.29, 0.717) is 29.9 Å². The third kappa shape index (κ3) is 5.01. The summed E-state index contributed by atoms with van der Waals surface area (Å²) in [6.07, 6.45) is 4.03. The minimum absolute atomic E-state index is 0.187. The SMILES string of the molecule is COc1cccc(CN2CCCC[C@H]3CN(C(=O)Cc4ccc(OC)c(OC)c4)C[C@H]32)c1. The van der Waals surface area contributed by atoms with Gasteiger partial charge in [-0.05, 0) is 60.7 Å². The predicted octanol–water partition coefficient (Wildman–Crippen LogP) is 3.77. The van der Waals surface area contributed by atoms with Gasteiger partial charge in [0.2, 0.25) is 5.91 Å². The van der Waals surface area contributed by atoms with Crippen molar-refractivity contribution in [2.24, 2.45) is 5.92 Å². The molecule has 32 heavy (non-hydrogen) atoms. The molecule has 2 aromatic rings. The minimum Gasteiger partial charge on any atom is -0.497 e. The van der Waals surface area contributed by atoms with Crippen LogP contribution in [0.2, 0.25) is 0 Å². The number of carbonyl (C=O) groups is 1. The third-order valence-electron chi connectivity index (χ3n) is 6.82. The van der Waals surface area contributed by atoms with Gasteiger partial charge < -0.3 is 19.1 Å². The van der Waals surface area contributed by atoms with E-state index in [4.69, 9.17) is 14.2 Å². The topological polar surface area (TPSA) is 51.2 Å². The van der Waals surface area contributed by atoms with E-state index in [-0.39, 0.29) is 5.91 Å². The lowest BCUT2D eigenvalue weighted by Gasteiger charge is -2.30. The predicted molar refractivity (Wildman–Crippen MR) is 124 cm³/mol. The molecule has 0 saturated carbocycles. The molecule has 0 aliphatic carbocycles. The summed E-state index contributed by atoms with van der Waals surface area (Å²) in [5.74, 6) is 2.96. The Morgan fingerprint density at radius 1 is 0.938 bits per heavy atom. The highest BCUT2D eigenvalue weighted by molar-refractivity contribution is 5.79. The van der Waals surface area contributed by atoms with E-state index in [1.54, 1.807) is 21.3 Å². The van der Waals surface area contributed by atoms with E-state index in [1.165, 1.54) is 24.8 Å². The fourth-order valence-electron chi connectivity index (χ4n) is 5.12. The highest BCUT2D eigenvalue weighted by atomic mass is 16.5. The Kier molecular flexibility index (Phi) is 7.20. The second kappa shape index (κ2) is 10.3. The number of benzene rings is 2. The van der Waals surface area contributed by atoms with Crippen molar-refractivity contribution in [1.82, 2.24) is 9.80 Å². The molecule has 2 aromatic carbocycles. The molecule has 2 fully saturated rings. The molecule has 4 rings (SSSR count). The van der Waals surface area contributed by atoms with Crippen LogP contribution < -0.4 is 14.2 Å². The van der Waals surface area contributed by atoms with Crippen LogP contribution in [0, 0.1) is 5.92 Å². The molecule has 2 atom stereocenters. The number of rotatable bonds is 7. The molecule has 6 nitrogen and oxygen atoms in total. The fourth-order valence-corrected chi connectivity index (χ4v) is 5.12. The van der Waals surface area contributed by atoms with Gasteiger partial charge in [0.25, 0.3) is 0 Å². The van der Waals surface area contributed by atoms with Crippen LogP contribution in [-0.4, -0.2) is 62.7 Å². The number of ether oxygens (including phenoxy) is 3. The maximum absolute atomic E-state index is 13.2. The summed E-state index contributed by atoms with van der Waals surface area (Å²) in [5.41, 5.74) is 2.22. The van der Waals surface area contributed by atoms with Crippen molar-refractivity contribution in [2.75, 3.05) is 41.0 Å². The maximum atomic E-state index is 13.2. The van der Waals surface area contributed by atoms with Crippen LogP contribution >= 0.6 is 0 Å². The lowest BCUT2D eigenvalue weighted by atomic mass is 9.98. The molecule has 2 aliphatic heterocycles. The van der Waals surface area contributed by atoms with Crippen LogP contribution in [0.5, 0.6) is 17.2 Å². The van der Waals surface area contributed by atoms with Gasteiger partial charge in [-0.25, -0.2) is 0 Å². The number of fused-ring (bicyclic) bond motifs is 1. The number of likely N-dealkylation sites (tertiary alicyclic amines) is 2. The van der Waals surface area contributed by atoms with Crippen molar-refractivity contribution >= 4 is 5.91 Å². The standard InChI is InChI=1S/C26H34N2O4/c1-30-22-9-6-7-20(13-22)16-27-12-5-4-8-21-17-28(18-23(21)27)26(29)15-19-10-11-24(31-2)25(14-19)32-3/h6-7,9-11,13-14,21,23H,4-5,8,12,15-18H2,1-3H3/t21-,23+/m0/s1. The monoisotopic (exact) mass is 438 g/mol. The summed E-state index contributed by atoms with van der Waals surface area (Å²) in [4.78, 5) is 17.8. The summed E-state index contributed by atoms with van der Waals surface area (Å²) >= 11 is 0. The smallest absolute Gasteiger partial charge is 0.227 e. The summed E-state index contributed by atoms with van der Waals surface area (Å²) < 4.78 is 16.1. The van der Waals surface area contributed by atoms with Crippen LogP contribution in [0.15, 0.2) is 42.5 Å². The zero-order valence-corrected chi connectivity index (χ0v) is 19.4. The number of methoxy groups -OCH3 is 3. The first-order chi connectivity index (χ1) is 15.6. The first-order valence-corrected chi connectivity index (χ1v) is 11.5. The highest BCUT2D eigenvalue weighted by Gasteiger charge is 2.39. The average molecular weight is 439 g/mol. The molecule has 0 bridgehead atoms. The molecule has 2 aliphatic rings. The number of amides is 1. The van der Waals surface area contributed by atoms with Crippen LogP contribution in [0.4, 0.5) is 0 Å². The van der Waals surface area contributed by atoms with E-state index in [0.717, 1.165) is 37.5 Å². The van der Waals surface area contributed by atoms with Crippen molar-refractivity contribution in [3.8, 4) is 17.2 Å². The Morgan fingerprint density at radius 2 is 1.78 bits per heavy atom. The highest BCUT2D eigenvalue weighted by Crippen LogP contribution is 2.32. The molecular formula is C26H34N2O4. The second-order valence-electron chi connectivity index (χ2n) is 8.81. The first-order valence-electron chi connectivity index (χ1n) is 11.5. The van der Waals surface area contributed by atoms with Gasteiger partial charge in [0.15, 0.2) is 11.5 Å². The molecule has 172 valence electrons. The van der Waals surface area contributed by atoms with Gasteiger partial charge in [-0.1, -0.05) is 24.6 Å². The fraction of sp³-hybridized carbons (Fsp3) is 0.500. The van der Waals surface area contributed by atoms with Crippen LogP contribution in [0.3, 0.4) is 0 Å². The summed E-state index contributed by atoms with van der Waals surface area (Å²) in [6, 6.07) is 14.5. The molecule has 0 radical (unpaired) electrons. The van der Waals surface area contributed by atoms with E-state index in [1.807, 2.05) is 24.3 Å². The molecule has 2 saturated heterocycles. The van der Waals surface area contributed by atoms with Gasteiger partial charge >= 0.3 is 0 Å². The van der Waals surface area contributed by atoms with Crippen molar-refractivity contribution in [2.45, 2.75) is 38.3 Å². The van der Waals surface area contributed by atoms with E-state index in [9.17, 15) is 4.79 Å². The van der Waals surface area contributed by atoms with Crippen molar-refractivity contribution < 1.29 is 19.0 Å². The molecule has 6 heteroatoms. The Bertz CT molecular complexity index is 932. The summed E-state index contributed by atoms with van der Waals surface area (Å²) in [6.45, 7) is 3.64.